The van der Waals surface area contributed by atoms with Crippen molar-refractivity contribution in [3.8, 4) is 0 Å². The van der Waals surface area contributed by atoms with Gasteiger partial charge in [-0.3, -0.25) is 9.59 Å². The normalized spacial score (nSPS) is 14.6. The number of carbonyl (C=O) groups is 2. The van der Waals surface area contributed by atoms with Crippen molar-refractivity contribution in [1.29, 1.82) is 0 Å². The standard InChI is InChI=1S/C19H18F2N2O2/c20-14-6-7-15(16(21)10-14)19(8-9-19)12-23-17(24)11-22-18(25)13-4-2-1-3-5-13/h1-7,10H,8-9,11-12H2,(H,22,25)(H,23,24). The maximum atomic E-state index is 13.9. The lowest BCUT2D eigenvalue weighted by Crippen LogP contribution is -2.40. The highest BCUT2D eigenvalue weighted by Gasteiger charge is 2.46. The molecule has 2 aromatic carbocycles. The number of benzene rings is 2. The Bertz CT molecular complexity index is 789. The summed E-state index contributed by atoms with van der Waals surface area (Å²) in [6.45, 7) is 0.102. The molecule has 130 valence electrons. The van der Waals surface area contributed by atoms with Gasteiger partial charge in [-0.15, -0.1) is 0 Å². The minimum absolute atomic E-state index is 0.157. The highest BCUT2D eigenvalue weighted by Crippen LogP contribution is 2.48. The van der Waals surface area contributed by atoms with Crippen LogP contribution in [0.1, 0.15) is 28.8 Å². The van der Waals surface area contributed by atoms with E-state index in [1.165, 1.54) is 12.1 Å². The molecule has 2 N–H and O–H groups in total. The third kappa shape index (κ3) is 4.02. The average Bonchev–Trinajstić information content (AvgIpc) is 3.39. The lowest BCUT2D eigenvalue weighted by Gasteiger charge is -2.17. The van der Waals surface area contributed by atoms with Gasteiger partial charge in [0.2, 0.25) is 5.91 Å². The molecule has 1 saturated carbocycles. The average molecular weight is 344 g/mol. The van der Waals surface area contributed by atoms with Gasteiger partial charge in [0.05, 0.1) is 6.54 Å². The summed E-state index contributed by atoms with van der Waals surface area (Å²) in [5.74, 6) is -1.90. The molecule has 0 saturated heterocycles. The van der Waals surface area contributed by atoms with Crippen LogP contribution >= 0.6 is 0 Å². The summed E-state index contributed by atoms with van der Waals surface area (Å²) in [5, 5.41) is 5.26. The summed E-state index contributed by atoms with van der Waals surface area (Å²) < 4.78 is 27.0. The molecule has 0 aliphatic heterocycles. The molecule has 3 rings (SSSR count). The minimum Gasteiger partial charge on any atom is -0.354 e. The van der Waals surface area contributed by atoms with Crippen molar-refractivity contribution in [3.63, 3.8) is 0 Å². The molecule has 2 amide bonds. The Morgan fingerprint density at radius 3 is 2.36 bits per heavy atom. The molecule has 0 heterocycles. The van der Waals surface area contributed by atoms with Gasteiger partial charge in [0, 0.05) is 23.6 Å². The first kappa shape index (κ1) is 17.1. The summed E-state index contributed by atoms with van der Waals surface area (Å²) in [6.07, 6.45) is 1.46. The topological polar surface area (TPSA) is 58.2 Å². The van der Waals surface area contributed by atoms with Crippen LogP contribution in [0.2, 0.25) is 0 Å². The number of hydrogen-bond acceptors (Lipinski definition) is 2. The molecule has 0 unspecified atom stereocenters. The molecule has 0 radical (unpaired) electrons. The Morgan fingerprint density at radius 2 is 1.72 bits per heavy atom. The number of amides is 2. The summed E-state index contributed by atoms with van der Waals surface area (Å²) in [5.41, 5.74) is 0.418. The zero-order chi connectivity index (χ0) is 17.9. The highest BCUT2D eigenvalue weighted by molar-refractivity contribution is 5.96. The number of hydrogen-bond donors (Lipinski definition) is 2. The largest absolute Gasteiger partial charge is 0.354 e. The van der Waals surface area contributed by atoms with E-state index < -0.39 is 17.0 Å². The van der Waals surface area contributed by atoms with Gasteiger partial charge in [0.25, 0.3) is 5.91 Å². The lowest BCUT2D eigenvalue weighted by molar-refractivity contribution is -0.120. The predicted octanol–water partition coefficient (Wildman–Crippen LogP) is 2.54. The van der Waals surface area contributed by atoms with Crippen molar-refractivity contribution < 1.29 is 18.4 Å². The fraction of sp³-hybridized carbons (Fsp3) is 0.263. The molecule has 1 aliphatic rings. The molecule has 25 heavy (non-hydrogen) atoms. The van der Waals surface area contributed by atoms with Gasteiger partial charge >= 0.3 is 0 Å². The molecule has 2 aromatic rings. The SMILES string of the molecule is O=C(CNC(=O)c1ccccc1)NCC1(c2ccc(F)cc2F)CC1. The molecule has 4 nitrogen and oxygen atoms in total. The Hall–Kier alpha value is -2.76. The fourth-order valence-corrected chi connectivity index (χ4v) is 2.79. The van der Waals surface area contributed by atoms with E-state index in [0.717, 1.165) is 18.9 Å². The molecule has 0 bridgehead atoms. The lowest BCUT2D eigenvalue weighted by atomic mass is 9.95. The summed E-state index contributed by atoms with van der Waals surface area (Å²) in [7, 11) is 0. The van der Waals surface area contributed by atoms with E-state index in [1.54, 1.807) is 30.3 Å². The molecule has 6 heteroatoms. The predicted molar refractivity (Wildman–Crippen MR) is 89.1 cm³/mol. The van der Waals surface area contributed by atoms with Crippen molar-refractivity contribution in [3.05, 3.63) is 71.3 Å². The first-order valence-corrected chi connectivity index (χ1v) is 8.06. The molecule has 0 atom stereocenters. The molecule has 1 fully saturated rings. The van der Waals surface area contributed by atoms with Crippen molar-refractivity contribution in [1.82, 2.24) is 10.6 Å². The van der Waals surface area contributed by atoms with E-state index in [-0.39, 0.29) is 24.9 Å². The molecule has 0 spiro atoms. The van der Waals surface area contributed by atoms with Crippen molar-refractivity contribution in [2.24, 2.45) is 0 Å². The second-order valence-electron chi connectivity index (χ2n) is 6.23. The molecule has 0 aromatic heterocycles. The second kappa shape index (κ2) is 7.01. The monoisotopic (exact) mass is 344 g/mol. The second-order valence-corrected chi connectivity index (χ2v) is 6.23. The first-order valence-electron chi connectivity index (χ1n) is 8.06. The van der Waals surface area contributed by atoms with Gasteiger partial charge in [0.15, 0.2) is 0 Å². The third-order valence-electron chi connectivity index (χ3n) is 4.43. The maximum Gasteiger partial charge on any atom is 0.251 e. The van der Waals surface area contributed by atoms with Gasteiger partial charge in [-0.2, -0.15) is 0 Å². The van der Waals surface area contributed by atoms with Crippen LogP contribution in [0.15, 0.2) is 48.5 Å². The van der Waals surface area contributed by atoms with Crippen LogP contribution in [0.5, 0.6) is 0 Å². The van der Waals surface area contributed by atoms with Crippen LogP contribution in [0, 0.1) is 11.6 Å². The van der Waals surface area contributed by atoms with E-state index in [4.69, 9.17) is 0 Å². The zero-order valence-corrected chi connectivity index (χ0v) is 13.5. The summed E-state index contributed by atoms with van der Waals surface area (Å²) >= 11 is 0. The summed E-state index contributed by atoms with van der Waals surface area (Å²) in [4.78, 5) is 23.8. The number of halogens is 2. The molecular weight excluding hydrogens is 326 g/mol. The van der Waals surface area contributed by atoms with E-state index in [0.29, 0.717) is 11.1 Å². The van der Waals surface area contributed by atoms with Crippen molar-refractivity contribution in [2.45, 2.75) is 18.3 Å². The maximum absolute atomic E-state index is 13.9. The van der Waals surface area contributed by atoms with Gasteiger partial charge in [-0.25, -0.2) is 8.78 Å². The summed E-state index contributed by atoms with van der Waals surface area (Å²) in [6, 6.07) is 12.1. The van der Waals surface area contributed by atoms with Crippen LogP contribution in [0.3, 0.4) is 0 Å². The Morgan fingerprint density at radius 1 is 1.00 bits per heavy atom. The Labute approximate surface area is 144 Å². The highest BCUT2D eigenvalue weighted by atomic mass is 19.1. The van der Waals surface area contributed by atoms with Gasteiger partial charge in [-0.1, -0.05) is 24.3 Å². The van der Waals surface area contributed by atoms with Gasteiger partial charge in [-0.05, 0) is 36.6 Å². The fourth-order valence-electron chi connectivity index (χ4n) is 2.79. The van der Waals surface area contributed by atoms with E-state index in [2.05, 4.69) is 10.6 Å². The number of nitrogens with one attached hydrogen (secondary N) is 2. The van der Waals surface area contributed by atoms with E-state index in [9.17, 15) is 18.4 Å². The van der Waals surface area contributed by atoms with Crippen LogP contribution < -0.4 is 10.6 Å². The minimum atomic E-state index is -0.621. The van der Waals surface area contributed by atoms with Crippen molar-refractivity contribution >= 4 is 11.8 Å². The third-order valence-corrected chi connectivity index (χ3v) is 4.43. The molecular formula is C19H18F2N2O2. The van der Waals surface area contributed by atoms with Crippen molar-refractivity contribution in [2.75, 3.05) is 13.1 Å². The van der Waals surface area contributed by atoms with Gasteiger partial charge in [0.1, 0.15) is 11.6 Å². The van der Waals surface area contributed by atoms with E-state index >= 15 is 0 Å². The number of carbonyl (C=O) groups excluding carboxylic acids is 2. The molecule has 1 aliphatic carbocycles. The van der Waals surface area contributed by atoms with Crippen LogP contribution in [-0.4, -0.2) is 24.9 Å². The van der Waals surface area contributed by atoms with E-state index in [1.807, 2.05) is 0 Å². The van der Waals surface area contributed by atoms with Gasteiger partial charge < -0.3 is 10.6 Å². The van der Waals surface area contributed by atoms with Crippen LogP contribution in [0.25, 0.3) is 0 Å². The Balaban J connectivity index is 1.51. The van der Waals surface area contributed by atoms with Crippen LogP contribution in [-0.2, 0) is 10.2 Å². The first-order chi connectivity index (χ1) is 12.0. The zero-order valence-electron chi connectivity index (χ0n) is 13.5. The van der Waals surface area contributed by atoms with Crippen LogP contribution in [0.4, 0.5) is 8.78 Å². The quantitative estimate of drug-likeness (QED) is 0.846. The number of rotatable bonds is 6. The smallest absolute Gasteiger partial charge is 0.251 e. The Kier molecular flexibility index (Phi) is 4.79.